The van der Waals surface area contributed by atoms with E-state index in [-0.39, 0.29) is 0 Å². The Morgan fingerprint density at radius 1 is 1.00 bits per heavy atom. The van der Waals surface area contributed by atoms with Gasteiger partial charge in [0.25, 0.3) is 0 Å². The highest BCUT2D eigenvalue weighted by Crippen LogP contribution is 2.20. The number of rotatable bonds is 5. The summed E-state index contributed by atoms with van der Waals surface area (Å²) in [5.41, 5.74) is 3.74. The van der Waals surface area contributed by atoms with Crippen molar-refractivity contribution < 1.29 is 9.59 Å². The molecule has 0 atom stereocenters. The number of hydrazone groups is 1. The lowest BCUT2D eigenvalue weighted by Crippen LogP contribution is -2.32. The van der Waals surface area contributed by atoms with Gasteiger partial charge >= 0.3 is 11.8 Å². The molecule has 0 saturated carbocycles. The van der Waals surface area contributed by atoms with Gasteiger partial charge in [-0.25, -0.2) is 5.43 Å². The van der Waals surface area contributed by atoms with Crippen LogP contribution >= 0.6 is 11.6 Å². The molecule has 0 unspecified atom stereocenters. The van der Waals surface area contributed by atoms with Gasteiger partial charge in [-0.15, -0.1) is 0 Å². The monoisotopic (exact) mass is 329 g/mol. The normalized spacial score (nSPS) is 10.5. The standard InChI is InChI=1S/C17H16ClN3O2/c18-14-10-4-5-11-15(14)20-16(22)17(23)21-19-12-6-9-13-7-2-1-3-8-13/h1-5,7-8,10-12H,6,9H2,(H,20,22)(H,21,23)/b19-12+. The molecule has 2 aromatic rings. The molecule has 2 amide bonds. The fraction of sp³-hybridized carbons (Fsp3) is 0.118. The lowest BCUT2D eigenvalue weighted by molar-refractivity contribution is -0.136. The Hall–Kier alpha value is -2.66. The Kier molecular flexibility index (Phi) is 6.32. The van der Waals surface area contributed by atoms with E-state index in [0.29, 0.717) is 17.1 Å². The first-order valence-electron chi connectivity index (χ1n) is 7.08. The van der Waals surface area contributed by atoms with E-state index in [4.69, 9.17) is 11.6 Å². The van der Waals surface area contributed by atoms with Crippen LogP contribution in [0, 0.1) is 0 Å². The summed E-state index contributed by atoms with van der Waals surface area (Å²) in [4.78, 5) is 23.3. The fourth-order valence-corrected chi connectivity index (χ4v) is 2.02. The van der Waals surface area contributed by atoms with Crippen LogP contribution in [0.4, 0.5) is 5.69 Å². The lowest BCUT2D eigenvalue weighted by atomic mass is 10.1. The highest BCUT2D eigenvalue weighted by Gasteiger charge is 2.13. The van der Waals surface area contributed by atoms with Crippen molar-refractivity contribution in [1.82, 2.24) is 5.43 Å². The number of benzene rings is 2. The van der Waals surface area contributed by atoms with Crippen molar-refractivity contribution in [3.8, 4) is 0 Å². The average molecular weight is 330 g/mol. The van der Waals surface area contributed by atoms with Crippen LogP contribution in [0.15, 0.2) is 59.7 Å². The molecule has 118 valence electrons. The van der Waals surface area contributed by atoms with Crippen LogP contribution in [0.2, 0.25) is 5.02 Å². The van der Waals surface area contributed by atoms with Gasteiger partial charge in [0.1, 0.15) is 0 Å². The van der Waals surface area contributed by atoms with Gasteiger partial charge in [-0.2, -0.15) is 5.10 Å². The Labute approximate surface area is 139 Å². The predicted octanol–water partition coefficient (Wildman–Crippen LogP) is 3.01. The minimum Gasteiger partial charge on any atom is -0.316 e. The van der Waals surface area contributed by atoms with E-state index < -0.39 is 11.8 Å². The molecule has 0 spiro atoms. The molecular formula is C17H16ClN3O2. The van der Waals surface area contributed by atoms with Gasteiger partial charge in [-0.1, -0.05) is 54.1 Å². The number of hydrogen-bond donors (Lipinski definition) is 2. The van der Waals surface area contributed by atoms with Crippen LogP contribution in [0.5, 0.6) is 0 Å². The molecule has 0 aliphatic rings. The minimum atomic E-state index is -0.846. The largest absolute Gasteiger partial charge is 0.329 e. The van der Waals surface area contributed by atoms with Crippen LogP contribution in [0.3, 0.4) is 0 Å². The Morgan fingerprint density at radius 3 is 2.43 bits per heavy atom. The molecule has 0 aromatic heterocycles. The molecule has 2 N–H and O–H groups in total. The molecule has 23 heavy (non-hydrogen) atoms. The van der Waals surface area contributed by atoms with Crippen molar-refractivity contribution in [2.45, 2.75) is 12.8 Å². The molecule has 6 heteroatoms. The van der Waals surface area contributed by atoms with E-state index in [0.717, 1.165) is 6.42 Å². The molecule has 2 aromatic carbocycles. The summed E-state index contributed by atoms with van der Waals surface area (Å²) in [6.07, 6.45) is 3.04. The number of hydrogen-bond acceptors (Lipinski definition) is 3. The number of para-hydroxylation sites is 1. The average Bonchev–Trinajstić information content (AvgIpc) is 2.57. The van der Waals surface area contributed by atoms with Crippen LogP contribution < -0.4 is 10.7 Å². The maximum atomic E-state index is 11.7. The molecule has 0 aliphatic carbocycles. The van der Waals surface area contributed by atoms with E-state index in [2.05, 4.69) is 15.8 Å². The topological polar surface area (TPSA) is 70.6 Å². The second kappa shape index (κ2) is 8.70. The second-order valence-electron chi connectivity index (χ2n) is 4.71. The summed E-state index contributed by atoms with van der Waals surface area (Å²) in [6.45, 7) is 0. The number of amides is 2. The fourth-order valence-electron chi connectivity index (χ4n) is 1.84. The second-order valence-corrected chi connectivity index (χ2v) is 5.12. The van der Waals surface area contributed by atoms with Gasteiger partial charge in [0.05, 0.1) is 10.7 Å². The van der Waals surface area contributed by atoms with Crippen LogP contribution in [-0.4, -0.2) is 18.0 Å². The molecule has 0 heterocycles. The van der Waals surface area contributed by atoms with Gasteiger partial charge in [-0.3, -0.25) is 9.59 Å². The predicted molar refractivity (Wildman–Crippen MR) is 91.5 cm³/mol. The zero-order valence-corrected chi connectivity index (χ0v) is 13.1. The molecule has 5 nitrogen and oxygen atoms in total. The SMILES string of the molecule is O=C(N/N=C/CCc1ccccc1)C(=O)Nc1ccccc1Cl. The number of nitrogens with zero attached hydrogens (tertiary/aromatic N) is 1. The maximum absolute atomic E-state index is 11.7. The quantitative estimate of drug-likeness (QED) is 0.503. The number of nitrogens with one attached hydrogen (secondary N) is 2. The van der Waals surface area contributed by atoms with Crippen LogP contribution in [-0.2, 0) is 16.0 Å². The van der Waals surface area contributed by atoms with E-state index in [9.17, 15) is 9.59 Å². The number of carbonyl (C=O) groups is 2. The third-order valence-electron chi connectivity index (χ3n) is 2.99. The van der Waals surface area contributed by atoms with Crippen molar-refractivity contribution in [2.24, 2.45) is 5.10 Å². The Morgan fingerprint density at radius 2 is 1.70 bits per heavy atom. The molecular weight excluding hydrogens is 314 g/mol. The Bertz CT molecular complexity index is 702. The summed E-state index contributed by atoms with van der Waals surface area (Å²) in [6, 6.07) is 16.6. The maximum Gasteiger partial charge on any atom is 0.329 e. The number of aryl methyl sites for hydroxylation is 1. The van der Waals surface area contributed by atoms with E-state index in [1.165, 1.54) is 5.56 Å². The van der Waals surface area contributed by atoms with E-state index in [1.54, 1.807) is 30.5 Å². The third-order valence-corrected chi connectivity index (χ3v) is 3.32. The first-order valence-corrected chi connectivity index (χ1v) is 7.46. The molecule has 0 radical (unpaired) electrons. The third kappa shape index (κ3) is 5.56. The lowest BCUT2D eigenvalue weighted by Gasteiger charge is -2.05. The van der Waals surface area contributed by atoms with Crippen molar-refractivity contribution in [2.75, 3.05) is 5.32 Å². The van der Waals surface area contributed by atoms with Gasteiger partial charge in [0.2, 0.25) is 0 Å². The molecule has 0 aliphatic heterocycles. The van der Waals surface area contributed by atoms with Crippen molar-refractivity contribution >= 4 is 35.3 Å². The Balaban J connectivity index is 1.74. The summed E-state index contributed by atoms with van der Waals surface area (Å²) in [5.74, 6) is -1.67. The van der Waals surface area contributed by atoms with Crippen LogP contribution in [0.25, 0.3) is 0 Å². The highest BCUT2D eigenvalue weighted by molar-refractivity contribution is 6.41. The van der Waals surface area contributed by atoms with Crippen molar-refractivity contribution in [1.29, 1.82) is 0 Å². The van der Waals surface area contributed by atoms with Crippen LogP contribution in [0.1, 0.15) is 12.0 Å². The van der Waals surface area contributed by atoms with E-state index in [1.807, 2.05) is 30.3 Å². The van der Waals surface area contributed by atoms with Crippen molar-refractivity contribution in [3.63, 3.8) is 0 Å². The summed E-state index contributed by atoms with van der Waals surface area (Å²) in [7, 11) is 0. The number of halogens is 1. The van der Waals surface area contributed by atoms with Crippen molar-refractivity contribution in [3.05, 3.63) is 65.2 Å². The summed E-state index contributed by atoms with van der Waals surface area (Å²) in [5, 5.41) is 6.53. The first-order chi connectivity index (χ1) is 11.2. The molecule has 2 rings (SSSR count). The zero-order chi connectivity index (χ0) is 16.5. The summed E-state index contributed by atoms with van der Waals surface area (Å²) >= 11 is 5.90. The van der Waals surface area contributed by atoms with Gasteiger partial charge in [0, 0.05) is 6.21 Å². The highest BCUT2D eigenvalue weighted by atomic mass is 35.5. The molecule has 0 saturated heterocycles. The molecule has 0 bridgehead atoms. The number of anilines is 1. The van der Waals surface area contributed by atoms with E-state index >= 15 is 0 Å². The molecule has 0 fully saturated rings. The summed E-state index contributed by atoms with van der Waals surface area (Å²) < 4.78 is 0. The smallest absolute Gasteiger partial charge is 0.316 e. The first kappa shape index (κ1) is 16.7. The van der Waals surface area contributed by atoms with Gasteiger partial charge in [-0.05, 0) is 30.5 Å². The number of carbonyl (C=O) groups excluding carboxylic acids is 2. The minimum absolute atomic E-state index is 0.361. The van der Waals surface area contributed by atoms with Gasteiger partial charge < -0.3 is 5.32 Å². The zero-order valence-electron chi connectivity index (χ0n) is 12.3. The van der Waals surface area contributed by atoms with Gasteiger partial charge in [0.15, 0.2) is 0 Å².